The highest BCUT2D eigenvalue weighted by atomic mass is 32.2. The molecule has 1 amide bonds. The highest BCUT2D eigenvalue weighted by Gasteiger charge is 2.30. The molecule has 2 aromatic carbocycles. The lowest BCUT2D eigenvalue weighted by Crippen LogP contribution is -2.26. The Labute approximate surface area is 173 Å². The van der Waals surface area contributed by atoms with E-state index in [4.69, 9.17) is 4.74 Å². The largest absolute Gasteiger partial charge is 0.494 e. The Bertz CT molecular complexity index is 1090. The maximum absolute atomic E-state index is 13.0. The third-order valence-corrected chi connectivity index (χ3v) is 5.84. The molecule has 1 saturated carbocycles. The second kappa shape index (κ2) is 8.29. The minimum atomic E-state index is -0.403. The third-order valence-electron chi connectivity index (χ3n) is 4.77. The fraction of sp³-hybridized carbons (Fsp3) is 0.318. The smallest absolute Gasteiger partial charge is 0.262 e. The van der Waals surface area contributed by atoms with Crippen molar-refractivity contribution in [3.63, 3.8) is 0 Å². The lowest BCUT2D eigenvalue weighted by atomic mass is 10.2. The van der Waals surface area contributed by atoms with Crippen LogP contribution in [0.15, 0.2) is 58.5 Å². The van der Waals surface area contributed by atoms with Crippen LogP contribution in [0.3, 0.4) is 0 Å². The summed E-state index contributed by atoms with van der Waals surface area (Å²) in [6.07, 6.45) is 1.94. The number of nitrogens with one attached hydrogen (secondary N) is 1. The molecule has 0 spiro atoms. The van der Waals surface area contributed by atoms with Crippen LogP contribution in [0.5, 0.6) is 5.75 Å². The molecule has 1 atom stereocenters. The predicted octanol–water partition coefficient (Wildman–Crippen LogP) is 4.25. The van der Waals surface area contributed by atoms with Gasteiger partial charge in [0.2, 0.25) is 5.91 Å². The lowest BCUT2D eigenvalue weighted by Gasteiger charge is -2.16. The zero-order valence-electron chi connectivity index (χ0n) is 16.4. The van der Waals surface area contributed by atoms with Crippen LogP contribution in [-0.4, -0.2) is 27.3 Å². The van der Waals surface area contributed by atoms with E-state index in [1.807, 2.05) is 56.3 Å². The molecule has 0 saturated heterocycles. The van der Waals surface area contributed by atoms with Crippen LogP contribution in [-0.2, 0) is 4.79 Å². The lowest BCUT2D eigenvalue weighted by molar-refractivity contribution is -0.115. The summed E-state index contributed by atoms with van der Waals surface area (Å²) in [4.78, 5) is 30.3. The van der Waals surface area contributed by atoms with Crippen molar-refractivity contribution in [2.75, 3.05) is 11.9 Å². The number of hydrogen-bond acceptors (Lipinski definition) is 5. The Balaban J connectivity index is 1.53. The molecule has 4 rings (SSSR count). The van der Waals surface area contributed by atoms with Crippen LogP contribution in [0.25, 0.3) is 10.9 Å². The summed E-state index contributed by atoms with van der Waals surface area (Å²) in [7, 11) is 0. The molecular weight excluding hydrogens is 386 g/mol. The SMILES string of the molecule is CCOc1ccc(NC(=O)[C@@H](C)Sc2nc3ccccc3c(=O)n2C2CC2)cc1. The number of anilines is 1. The summed E-state index contributed by atoms with van der Waals surface area (Å²) in [5.74, 6) is 0.630. The summed E-state index contributed by atoms with van der Waals surface area (Å²) in [6.45, 7) is 4.35. The molecule has 0 aliphatic heterocycles. The summed E-state index contributed by atoms with van der Waals surface area (Å²) in [5, 5.41) is 3.74. The maximum atomic E-state index is 13.0. The Morgan fingerprint density at radius 3 is 2.66 bits per heavy atom. The zero-order valence-corrected chi connectivity index (χ0v) is 17.2. The first-order valence-electron chi connectivity index (χ1n) is 9.78. The van der Waals surface area contributed by atoms with Gasteiger partial charge in [-0.05, 0) is 63.1 Å². The molecule has 1 aromatic heterocycles. The monoisotopic (exact) mass is 409 g/mol. The van der Waals surface area contributed by atoms with Gasteiger partial charge in [-0.3, -0.25) is 14.2 Å². The average molecular weight is 410 g/mol. The standard InChI is InChI=1S/C22H23N3O3S/c1-3-28-17-12-8-15(9-13-17)23-20(26)14(2)29-22-24-19-7-5-4-6-18(19)21(27)25(22)16-10-11-16/h4-9,12-14,16H,3,10-11H2,1-2H3,(H,23,26)/t14-/m1/s1. The molecule has 0 unspecified atom stereocenters. The van der Waals surface area contributed by atoms with Crippen molar-refractivity contribution in [1.82, 2.24) is 9.55 Å². The fourth-order valence-electron chi connectivity index (χ4n) is 3.12. The first-order valence-corrected chi connectivity index (χ1v) is 10.7. The van der Waals surface area contributed by atoms with Crippen LogP contribution in [0.1, 0.15) is 32.7 Å². The van der Waals surface area contributed by atoms with Gasteiger partial charge in [-0.2, -0.15) is 0 Å². The minimum Gasteiger partial charge on any atom is -0.494 e. The van der Waals surface area contributed by atoms with Crippen molar-refractivity contribution < 1.29 is 9.53 Å². The van der Waals surface area contributed by atoms with E-state index >= 15 is 0 Å². The highest BCUT2D eigenvalue weighted by molar-refractivity contribution is 8.00. The van der Waals surface area contributed by atoms with Gasteiger partial charge in [-0.25, -0.2) is 4.98 Å². The normalized spacial score (nSPS) is 14.6. The molecule has 1 heterocycles. The molecule has 1 aliphatic carbocycles. The third kappa shape index (κ3) is 4.29. The second-order valence-electron chi connectivity index (χ2n) is 7.02. The van der Waals surface area contributed by atoms with Gasteiger partial charge in [0.05, 0.1) is 22.8 Å². The van der Waals surface area contributed by atoms with E-state index in [1.165, 1.54) is 11.8 Å². The van der Waals surface area contributed by atoms with Gasteiger partial charge in [-0.15, -0.1) is 0 Å². The predicted molar refractivity (Wildman–Crippen MR) is 116 cm³/mol. The Kier molecular flexibility index (Phi) is 5.58. The summed E-state index contributed by atoms with van der Waals surface area (Å²) in [6, 6.07) is 14.8. The topological polar surface area (TPSA) is 73.2 Å². The van der Waals surface area contributed by atoms with Gasteiger partial charge in [0.15, 0.2) is 5.16 Å². The molecule has 0 bridgehead atoms. The van der Waals surface area contributed by atoms with E-state index in [-0.39, 0.29) is 17.5 Å². The van der Waals surface area contributed by atoms with E-state index in [1.54, 1.807) is 10.6 Å². The van der Waals surface area contributed by atoms with Crippen LogP contribution in [0, 0.1) is 0 Å². The van der Waals surface area contributed by atoms with Gasteiger partial charge in [-0.1, -0.05) is 23.9 Å². The number of ether oxygens (including phenoxy) is 1. The van der Waals surface area contributed by atoms with Crippen molar-refractivity contribution in [3.05, 3.63) is 58.9 Å². The van der Waals surface area contributed by atoms with Crippen molar-refractivity contribution in [3.8, 4) is 5.75 Å². The van der Waals surface area contributed by atoms with E-state index in [2.05, 4.69) is 10.3 Å². The summed E-state index contributed by atoms with van der Waals surface area (Å²) in [5.41, 5.74) is 1.34. The van der Waals surface area contributed by atoms with Crippen molar-refractivity contribution in [1.29, 1.82) is 0 Å². The molecule has 29 heavy (non-hydrogen) atoms. The number of fused-ring (bicyclic) bond motifs is 1. The van der Waals surface area contributed by atoms with Crippen molar-refractivity contribution >= 4 is 34.3 Å². The van der Waals surface area contributed by atoms with Crippen molar-refractivity contribution in [2.24, 2.45) is 0 Å². The van der Waals surface area contributed by atoms with Gasteiger partial charge in [0.1, 0.15) is 5.75 Å². The summed E-state index contributed by atoms with van der Waals surface area (Å²) >= 11 is 1.32. The molecule has 1 aliphatic rings. The number of nitrogens with zero attached hydrogens (tertiary/aromatic N) is 2. The van der Waals surface area contributed by atoms with E-state index in [9.17, 15) is 9.59 Å². The number of para-hydroxylation sites is 1. The van der Waals surface area contributed by atoms with Crippen LogP contribution in [0.2, 0.25) is 0 Å². The van der Waals surface area contributed by atoms with Gasteiger partial charge in [0.25, 0.3) is 5.56 Å². The number of thioether (sulfide) groups is 1. The molecule has 3 aromatic rings. The number of aromatic nitrogens is 2. The average Bonchev–Trinajstić information content (AvgIpc) is 3.55. The van der Waals surface area contributed by atoms with Crippen LogP contribution in [0.4, 0.5) is 5.69 Å². The number of carbonyl (C=O) groups is 1. The van der Waals surface area contributed by atoms with Crippen LogP contribution < -0.4 is 15.6 Å². The summed E-state index contributed by atoms with van der Waals surface area (Å²) < 4.78 is 7.18. The van der Waals surface area contributed by atoms with E-state index < -0.39 is 5.25 Å². The Hall–Kier alpha value is -2.80. The second-order valence-corrected chi connectivity index (χ2v) is 8.33. The van der Waals surface area contributed by atoms with Gasteiger partial charge >= 0.3 is 0 Å². The van der Waals surface area contributed by atoms with Crippen molar-refractivity contribution in [2.45, 2.75) is 43.1 Å². The Morgan fingerprint density at radius 1 is 1.24 bits per heavy atom. The van der Waals surface area contributed by atoms with E-state index in [0.29, 0.717) is 28.4 Å². The highest BCUT2D eigenvalue weighted by Crippen LogP contribution is 2.37. The van der Waals surface area contributed by atoms with E-state index in [0.717, 1.165) is 18.6 Å². The number of benzene rings is 2. The maximum Gasteiger partial charge on any atom is 0.262 e. The first kappa shape index (κ1) is 19.5. The molecular formula is C22H23N3O3S. The molecule has 1 fully saturated rings. The number of amides is 1. The quantitative estimate of drug-likeness (QED) is 0.466. The minimum absolute atomic E-state index is 0.0280. The fourth-order valence-corrected chi connectivity index (χ4v) is 4.10. The molecule has 1 N–H and O–H groups in total. The molecule has 0 radical (unpaired) electrons. The number of hydrogen-bond donors (Lipinski definition) is 1. The Morgan fingerprint density at radius 2 is 1.97 bits per heavy atom. The van der Waals surface area contributed by atoms with Gasteiger partial charge in [0, 0.05) is 11.7 Å². The first-order chi connectivity index (χ1) is 14.1. The molecule has 150 valence electrons. The zero-order chi connectivity index (χ0) is 20.4. The van der Waals surface area contributed by atoms with Crippen LogP contribution >= 0.6 is 11.8 Å². The molecule has 7 heteroatoms. The molecule has 6 nitrogen and oxygen atoms in total. The van der Waals surface area contributed by atoms with Gasteiger partial charge < -0.3 is 10.1 Å². The number of carbonyl (C=O) groups excluding carboxylic acids is 1. The number of rotatable bonds is 7.